The maximum atomic E-state index is 12.5. The summed E-state index contributed by atoms with van der Waals surface area (Å²) < 4.78 is 5.67. The van der Waals surface area contributed by atoms with Crippen molar-refractivity contribution in [3.8, 4) is 5.75 Å². The number of ether oxygens (including phenoxy) is 1. The molecule has 0 radical (unpaired) electrons. The van der Waals surface area contributed by atoms with Crippen molar-refractivity contribution in [3.05, 3.63) is 101 Å². The summed E-state index contributed by atoms with van der Waals surface area (Å²) in [5.74, 6) is 1.57. The molecule has 6 nitrogen and oxygen atoms in total. The zero-order chi connectivity index (χ0) is 24.6. The van der Waals surface area contributed by atoms with Gasteiger partial charge in [0.05, 0.1) is 18.6 Å². The van der Waals surface area contributed by atoms with Crippen LogP contribution in [0.2, 0.25) is 0 Å². The summed E-state index contributed by atoms with van der Waals surface area (Å²) in [4.78, 5) is 26.9. The third-order valence-corrected chi connectivity index (χ3v) is 6.72. The molecule has 1 heterocycles. The second-order valence-corrected chi connectivity index (χ2v) is 9.83. The molecule has 0 aliphatic carbocycles. The van der Waals surface area contributed by atoms with Gasteiger partial charge in [0, 0.05) is 12.1 Å². The van der Waals surface area contributed by atoms with E-state index in [1.165, 1.54) is 0 Å². The fourth-order valence-electron chi connectivity index (χ4n) is 3.62. The molecule has 1 N–H and O–H groups in total. The van der Waals surface area contributed by atoms with Crippen LogP contribution in [0.3, 0.4) is 0 Å². The largest absolute Gasteiger partial charge is 0.493 e. The van der Waals surface area contributed by atoms with Crippen LogP contribution < -0.4 is 10.2 Å². The van der Waals surface area contributed by atoms with Crippen molar-refractivity contribution in [2.24, 2.45) is 11.0 Å². The second kappa shape index (κ2) is 11.7. The molecule has 35 heavy (non-hydrogen) atoms. The van der Waals surface area contributed by atoms with Crippen molar-refractivity contribution in [2.75, 3.05) is 12.4 Å². The first-order chi connectivity index (χ1) is 17.0. The Morgan fingerprint density at radius 2 is 1.80 bits per heavy atom. The number of hydrogen-bond donors (Lipinski definition) is 1. The van der Waals surface area contributed by atoms with Crippen LogP contribution >= 0.6 is 11.8 Å². The van der Waals surface area contributed by atoms with Crippen LogP contribution in [0.1, 0.15) is 46.3 Å². The van der Waals surface area contributed by atoms with Crippen molar-refractivity contribution in [1.82, 2.24) is 10.3 Å². The van der Waals surface area contributed by atoms with E-state index in [1.54, 1.807) is 30.1 Å². The molecule has 1 atom stereocenters. The lowest BCUT2D eigenvalue weighted by Crippen LogP contribution is -2.27. The number of hydrogen-bond acceptors (Lipinski definition) is 5. The zero-order valence-corrected chi connectivity index (χ0v) is 20.7. The van der Waals surface area contributed by atoms with Gasteiger partial charge in [0.1, 0.15) is 11.1 Å². The molecular weight excluding hydrogens is 458 g/mol. The normalized spacial score (nSPS) is 15.7. The van der Waals surface area contributed by atoms with Crippen LogP contribution in [0.4, 0.5) is 0 Å². The van der Waals surface area contributed by atoms with Gasteiger partial charge in [-0.1, -0.05) is 56.3 Å². The molecule has 1 aliphatic rings. The van der Waals surface area contributed by atoms with Crippen LogP contribution in [0.15, 0.2) is 84.0 Å². The molecule has 1 saturated heterocycles. The third kappa shape index (κ3) is 6.73. The summed E-state index contributed by atoms with van der Waals surface area (Å²) in [6.07, 6.45) is 1.60. The number of thioether (sulfide) groups is 1. The van der Waals surface area contributed by atoms with Crippen molar-refractivity contribution in [2.45, 2.75) is 25.8 Å². The average molecular weight is 488 g/mol. The van der Waals surface area contributed by atoms with Crippen LogP contribution in [0.25, 0.3) is 0 Å². The molecule has 1 unspecified atom stereocenters. The highest BCUT2D eigenvalue weighted by atomic mass is 32.2. The molecule has 2 amide bonds. The summed E-state index contributed by atoms with van der Waals surface area (Å²) >= 11 is 1.61. The van der Waals surface area contributed by atoms with Gasteiger partial charge in [0.25, 0.3) is 5.91 Å². The third-order valence-electron chi connectivity index (χ3n) is 5.47. The van der Waals surface area contributed by atoms with Gasteiger partial charge in [-0.2, -0.15) is 5.10 Å². The van der Waals surface area contributed by atoms with Crippen molar-refractivity contribution in [3.63, 3.8) is 0 Å². The Kier molecular flexibility index (Phi) is 8.21. The predicted molar refractivity (Wildman–Crippen MR) is 140 cm³/mol. The monoisotopic (exact) mass is 487 g/mol. The Hall–Kier alpha value is -3.58. The van der Waals surface area contributed by atoms with Gasteiger partial charge in [0.15, 0.2) is 0 Å². The first-order valence-electron chi connectivity index (χ1n) is 11.6. The number of nitrogens with one attached hydrogen (secondary N) is 1. The Balaban J connectivity index is 1.33. The number of hydrazone groups is 1. The maximum absolute atomic E-state index is 12.5. The molecule has 0 saturated carbocycles. The minimum absolute atomic E-state index is 0.0645. The molecule has 3 aromatic carbocycles. The smallest absolute Gasteiger partial charge is 0.271 e. The molecule has 3 aromatic rings. The number of carbonyl (C=O) groups is 2. The van der Waals surface area contributed by atoms with Crippen LogP contribution in [-0.4, -0.2) is 35.3 Å². The minimum Gasteiger partial charge on any atom is -0.493 e. The van der Waals surface area contributed by atoms with E-state index in [0.717, 1.165) is 22.4 Å². The lowest BCUT2D eigenvalue weighted by Gasteiger charge is -2.24. The van der Waals surface area contributed by atoms with Crippen molar-refractivity contribution in [1.29, 1.82) is 0 Å². The summed E-state index contributed by atoms with van der Waals surface area (Å²) in [6, 6.07) is 24.9. The van der Waals surface area contributed by atoms with E-state index in [-0.39, 0.29) is 17.2 Å². The van der Waals surface area contributed by atoms with Crippen LogP contribution in [0, 0.1) is 5.92 Å². The molecule has 180 valence electrons. The Morgan fingerprint density at radius 3 is 2.49 bits per heavy atom. The van der Waals surface area contributed by atoms with E-state index in [4.69, 9.17) is 4.74 Å². The van der Waals surface area contributed by atoms with Crippen LogP contribution in [0.5, 0.6) is 5.75 Å². The number of amides is 2. The number of rotatable bonds is 9. The number of carbonyl (C=O) groups excluding carboxylic acids is 2. The molecule has 1 fully saturated rings. The zero-order valence-electron chi connectivity index (χ0n) is 19.9. The quantitative estimate of drug-likeness (QED) is 0.330. The summed E-state index contributed by atoms with van der Waals surface area (Å²) in [7, 11) is 0. The van der Waals surface area contributed by atoms with Gasteiger partial charge >= 0.3 is 0 Å². The van der Waals surface area contributed by atoms with E-state index in [0.29, 0.717) is 30.4 Å². The SMILES string of the molecule is CC(C)COc1ccc(/C=N/NC(=O)c2ccc(C3SCC(=O)N3Cc3ccccc3)cc2)cc1. The highest BCUT2D eigenvalue weighted by Crippen LogP contribution is 2.39. The van der Waals surface area contributed by atoms with Gasteiger partial charge in [0.2, 0.25) is 5.91 Å². The lowest BCUT2D eigenvalue weighted by molar-refractivity contribution is -0.128. The van der Waals surface area contributed by atoms with Gasteiger partial charge < -0.3 is 9.64 Å². The summed E-state index contributed by atoms with van der Waals surface area (Å²) in [5, 5.41) is 4.00. The fraction of sp³-hybridized carbons (Fsp3) is 0.250. The van der Waals surface area contributed by atoms with E-state index < -0.39 is 0 Å². The molecule has 0 spiro atoms. The van der Waals surface area contributed by atoms with E-state index in [2.05, 4.69) is 24.4 Å². The van der Waals surface area contributed by atoms with Gasteiger partial charge in [-0.25, -0.2) is 5.43 Å². The van der Waals surface area contributed by atoms with Crippen molar-refractivity contribution >= 4 is 29.8 Å². The Bertz CT molecular complexity index is 1160. The molecule has 0 bridgehead atoms. The maximum Gasteiger partial charge on any atom is 0.271 e. The van der Waals surface area contributed by atoms with E-state index in [1.807, 2.05) is 71.6 Å². The molecule has 0 aromatic heterocycles. The Labute approximate surface area is 210 Å². The highest BCUT2D eigenvalue weighted by Gasteiger charge is 2.32. The molecule has 4 rings (SSSR count). The molecule has 1 aliphatic heterocycles. The number of benzene rings is 3. The topological polar surface area (TPSA) is 71.0 Å². The van der Waals surface area contributed by atoms with Gasteiger partial charge in [-0.15, -0.1) is 11.8 Å². The number of nitrogens with zero attached hydrogens (tertiary/aromatic N) is 2. The highest BCUT2D eigenvalue weighted by molar-refractivity contribution is 8.00. The van der Waals surface area contributed by atoms with Crippen molar-refractivity contribution < 1.29 is 14.3 Å². The molecule has 7 heteroatoms. The van der Waals surface area contributed by atoms with E-state index >= 15 is 0 Å². The standard InChI is InChI=1S/C28H29N3O3S/c1-20(2)18-34-25-14-8-21(9-15-25)16-29-30-27(33)23-10-12-24(13-11-23)28-31(26(32)19-35-28)17-22-6-4-3-5-7-22/h3-16,20,28H,17-19H2,1-2H3,(H,30,33)/b29-16+. The first-order valence-corrected chi connectivity index (χ1v) is 12.7. The fourth-order valence-corrected chi connectivity index (χ4v) is 4.81. The van der Waals surface area contributed by atoms with E-state index in [9.17, 15) is 9.59 Å². The Morgan fingerprint density at radius 1 is 1.09 bits per heavy atom. The average Bonchev–Trinajstić information content (AvgIpc) is 3.24. The summed E-state index contributed by atoms with van der Waals surface area (Å²) in [6.45, 7) is 5.45. The minimum atomic E-state index is -0.291. The first kappa shape index (κ1) is 24.5. The lowest BCUT2D eigenvalue weighted by atomic mass is 10.1. The van der Waals surface area contributed by atoms with Gasteiger partial charge in [-0.3, -0.25) is 9.59 Å². The van der Waals surface area contributed by atoms with Gasteiger partial charge in [-0.05, 0) is 59.0 Å². The van der Waals surface area contributed by atoms with Crippen LogP contribution in [-0.2, 0) is 11.3 Å². The molecular formula is C28H29N3O3S. The predicted octanol–water partition coefficient (Wildman–Crippen LogP) is 5.26. The summed E-state index contributed by atoms with van der Waals surface area (Å²) in [5.41, 5.74) is 6.03. The second-order valence-electron chi connectivity index (χ2n) is 8.77.